The highest BCUT2D eigenvalue weighted by Crippen LogP contribution is 2.18. The van der Waals surface area contributed by atoms with Crippen LogP contribution < -0.4 is 4.90 Å². The number of hydrogen-bond acceptors (Lipinski definition) is 5. The maximum Gasteiger partial charge on any atom is 0.358 e. The van der Waals surface area contributed by atoms with Gasteiger partial charge < -0.3 is 14.4 Å². The lowest BCUT2D eigenvalue weighted by atomic mass is 10.2. The van der Waals surface area contributed by atoms with Crippen molar-refractivity contribution in [2.24, 2.45) is 0 Å². The Morgan fingerprint density at radius 2 is 2.17 bits per heavy atom. The molecule has 2 aromatic heterocycles. The SMILES string of the molecule is Cc1occc1CN(C)c1nccnc1C(=O)O. The van der Waals surface area contributed by atoms with E-state index in [1.54, 1.807) is 18.2 Å². The van der Waals surface area contributed by atoms with Crippen molar-refractivity contribution in [3.63, 3.8) is 0 Å². The van der Waals surface area contributed by atoms with Gasteiger partial charge >= 0.3 is 5.97 Å². The Labute approximate surface area is 104 Å². The van der Waals surface area contributed by atoms with Crippen LogP contribution in [0.3, 0.4) is 0 Å². The first-order valence-corrected chi connectivity index (χ1v) is 5.38. The summed E-state index contributed by atoms with van der Waals surface area (Å²) in [5.74, 6) is 0.0575. The zero-order valence-electron chi connectivity index (χ0n) is 10.1. The molecule has 0 aromatic carbocycles. The molecule has 0 spiro atoms. The fourth-order valence-electron chi connectivity index (χ4n) is 1.67. The third-order valence-electron chi connectivity index (χ3n) is 2.62. The first-order chi connectivity index (χ1) is 8.59. The molecule has 0 unspecified atom stereocenters. The van der Waals surface area contributed by atoms with E-state index >= 15 is 0 Å². The highest BCUT2D eigenvalue weighted by Gasteiger charge is 2.17. The number of hydrogen-bond donors (Lipinski definition) is 1. The Bertz CT molecular complexity index is 565. The maximum absolute atomic E-state index is 11.0. The van der Waals surface area contributed by atoms with Crippen LogP contribution in [0.1, 0.15) is 21.8 Å². The molecule has 2 rings (SSSR count). The van der Waals surface area contributed by atoms with Crippen molar-refractivity contribution >= 4 is 11.8 Å². The van der Waals surface area contributed by atoms with E-state index in [2.05, 4.69) is 9.97 Å². The fraction of sp³-hybridized carbons (Fsp3) is 0.250. The second-order valence-corrected chi connectivity index (χ2v) is 3.89. The summed E-state index contributed by atoms with van der Waals surface area (Å²) >= 11 is 0. The van der Waals surface area contributed by atoms with Crippen molar-refractivity contribution in [3.8, 4) is 0 Å². The second kappa shape index (κ2) is 4.87. The van der Waals surface area contributed by atoms with Crippen LogP contribution in [-0.2, 0) is 6.54 Å². The van der Waals surface area contributed by atoms with Gasteiger partial charge in [-0.2, -0.15) is 0 Å². The number of carbonyl (C=O) groups is 1. The highest BCUT2D eigenvalue weighted by molar-refractivity contribution is 5.90. The molecule has 0 aliphatic carbocycles. The quantitative estimate of drug-likeness (QED) is 0.886. The van der Waals surface area contributed by atoms with Gasteiger partial charge in [-0.1, -0.05) is 0 Å². The molecule has 0 aliphatic rings. The molecule has 94 valence electrons. The lowest BCUT2D eigenvalue weighted by molar-refractivity contribution is 0.0690. The molecule has 0 aliphatic heterocycles. The first-order valence-electron chi connectivity index (χ1n) is 5.38. The number of carboxylic acids is 1. The zero-order chi connectivity index (χ0) is 13.1. The van der Waals surface area contributed by atoms with Crippen LogP contribution in [0.5, 0.6) is 0 Å². The summed E-state index contributed by atoms with van der Waals surface area (Å²) in [5.41, 5.74) is 0.931. The fourth-order valence-corrected chi connectivity index (χ4v) is 1.67. The van der Waals surface area contributed by atoms with Crippen LogP contribution in [0.15, 0.2) is 29.1 Å². The van der Waals surface area contributed by atoms with E-state index in [1.165, 1.54) is 12.4 Å². The molecule has 2 heterocycles. The van der Waals surface area contributed by atoms with Gasteiger partial charge in [0.25, 0.3) is 0 Å². The smallest absolute Gasteiger partial charge is 0.358 e. The van der Waals surface area contributed by atoms with Crippen molar-refractivity contribution in [2.45, 2.75) is 13.5 Å². The molecule has 0 saturated heterocycles. The molecule has 0 amide bonds. The number of aryl methyl sites for hydroxylation is 1. The summed E-state index contributed by atoms with van der Waals surface area (Å²) in [5, 5.41) is 9.05. The van der Waals surface area contributed by atoms with Crippen LogP contribution in [0.25, 0.3) is 0 Å². The van der Waals surface area contributed by atoms with E-state index in [1.807, 2.05) is 13.0 Å². The van der Waals surface area contributed by atoms with Gasteiger partial charge in [-0.05, 0) is 13.0 Å². The van der Waals surface area contributed by atoms with Gasteiger partial charge in [0.1, 0.15) is 5.76 Å². The molecule has 0 fully saturated rings. The van der Waals surface area contributed by atoms with Crippen molar-refractivity contribution in [2.75, 3.05) is 11.9 Å². The number of carboxylic acid groups (broad SMARTS) is 1. The highest BCUT2D eigenvalue weighted by atomic mass is 16.4. The first kappa shape index (κ1) is 12.1. The minimum absolute atomic E-state index is 0.0545. The molecular formula is C12H13N3O3. The van der Waals surface area contributed by atoms with Crippen LogP contribution >= 0.6 is 0 Å². The second-order valence-electron chi connectivity index (χ2n) is 3.89. The number of furan rings is 1. The lowest BCUT2D eigenvalue weighted by Crippen LogP contribution is -2.21. The Kier molecular flexibility index (Phi) is 3.27. The van der Waals surface area contributed by atoms with Crippen LogP contribution in [0, 0.1) is 6.92 Å². The molecule has 6 nitrogen and oxygen atoms in total. The summed E-state index contributed by atoms with van der Waals surface area (Å²) < 4.78 is 5.20. The van der Waals surface area contributed by atoms with E-state index in [0.717, 1.165) is 11.3 Å². The number of aromatic nitrogens is 2. The van der Waals surface area contributed by atoms with Crippen LogP contribution in [0.4, 0.5) is 5.82 Å². The predicted octanol–water partition coefficient (Wildman–Crippen LogP) is 1.71. The predicted molar refractivity (Wildman–Crippen MR) is 64.5 cm³/mol. The largest absolute Gasteiger partial charge is 0.476 e. The normalized spacial score (nSPS) is 10.3. The molecule has 0 atom stereocenters. The van der Waals surface area contributed by atoms with Crippen LogP contribution in [-0.4, -0.2) is 28.1 Å². The number of nitrogens with zero attached hydrogens (tertiary/aromatic N) is 3. The minimum Gasteiger partial charge on any atom is -0.476 e. The lowest BCUT2D eigenvalue weighted by Gasteiger charge is -2.18. The average molecular weight is 247 g/mol. The molecular weight excluding hydrogens is 234 g/mol. The summed E-state index contributed by atoms with van der Waals surface area (Å²) in [4.78, 5) is 20.7. The van der Waals surface area contributed by atoms with E-state index in [9.17, 15) is 4.79 Å². The van der Waals surface area contributed by atoms with Gasteiger partial charge in [-0.25, -0.2) is 14.8 Å². The number of aromatic carboxylic acids is 1. The Balaban J connectivity index is 2.26. The van der Waals surface area contributed by atoms with Crippen molar-refractivity contribution < 1.29 is 14.3 Å². The van der Waals surface area contributed by atoms with Gasteiger partial charge in [-0.15, -0.1) is 0 Å². The monoisotopic (exact) mass is 247 g/mol. The van der Waals surface area contributed by atoms with Gasteiger partial charge in [-0.3, -0.25) is 0 Å². The summed E-state index contributed by atoms with van der Waals surface area (Å²) in [6, 6.07) is 1.85. The van der Waals surface area contributed by atoms with Gasteiger partial charge in [0.05, 0.1) is 6.26 Å². The Morgan fingerprint density at radius 3 is 2.78 bits per heavy atom. The summed E-state index contributed by atoms with van der Waals surface area (Å²) in [6.45, 7) is 2.37. The van der Waals surface area contributed by atoms with E-state index in [-0.39, 0.29) is 5.69 Å². The molecule has 2 aromatic rings. The summed E-state index contributed by atoms with van der Waals surface area (Å²) in [7, 11) is 1.77. The van der Waals surface area contributed by atoms with E-state index < -0.39 is 5.97 Å². The average Bonchev–Trinajstić information content (AvgIpc) is 2.75. The molecule has 1 N–H and O–H groups in total. The van der Waals surface area contributed by atoms with Crippen LogP contribution in [0.2, 0.25) is 0 Å². The molecule has 0 saturated carbocycles. The van der Waals surface area contributed by atoms with E-state index in [0.29, 0.717) is 12.4 Å². The van der Waals surface area contributed by atoms with Gasteiger partial charge in [0, 0.05) is 31.5 Å². The third kappa shape index (κ3) is 2.32. The topological polar surface area (TPSA) is 79.5 Å². The van der Waals surface area contributed by atoms with Crippen molar-refractivity contribution in [3.05, 3.63) is 41.7 Å². The summed E-state index contributed by atoms with van der Waals surface area (Å²) in [6.07, 6.45) is 4.44. The molecule has 0 radical (unpaired) electrons. The Hall–Kier alpha value is -2.37. The molecule has 6 heteroatoms. The maximum atomic E-state index is 11.0. The van der Waals surface area contributed by atoms with Crippen molar-refractivity contribution in [1.29, 1.82) is 0 Å². The third-order valence-corrected chi connectivity index (χ3v) is 2.62. The molecule has 0 bridgehead atoms. The molecule has 18 heavy (non-hydrogen) atoms. The number of rotatable bonds is 4. The minimum atomic E-state index is -1.09. The Morgan fingerprint density at radius 1 is 1.44 bits per heavy atom. The number of anilines is 1. The van der Waals surface area contributed by atoms with Gasteiger partial charge in [0.15, 0.2) is 11.5 Å². The van der Waals surface area contributed by atoms with Gasteiger partial charge in [0.2, 0.25) is 0 Å². The standard InChI is InChI=1S/C12H13N3O3/c1-8-9(3-6-18-8)7-15(2)11-10(12(16)17)13-4-5-14-11/h3-6H,7H2,1-2H3,(H,16,17). The van der Waals surface area contributed by atoms with Crippen molar-refractivity contribution in [1.82, 2.24) is 9.97 Å². The zero-order valence-corrected chi connectivity index (χ0v) is 10.1. The van der Waals surface area contributed by atoms with E-state index in [4.69, 9.17) is 9.52 Å².